The van der Waals surface area contributed by atoms with Crippen molar-refractivity contribution in [2.45, 2.75) is 128 Å². The minimum Gasteiger partial charge on any atom is -0.462 e. The number of aliphatic hydroxyl groups is 1. The number of rotatable bonds is 7. The molecule has 0 unspecified atom stereocenters. The van der Waals surface area contributed by atoms with Crippen molar-refractivity contribution in [3.63, 3.8) is 0 Å². The van der Waals surface area contributed by atoms with Gasteiger partial charge in [-0.3, -0.25) is 14.4 Å². The van der Waals surface area contributed by atoms with Crippen LogP contribution in [-0.2, 0) is 52.3 Å². The second-order valence-corrected chi connectivity index (χ2v) is 17.6. The molecule has 60 heavy (non-hydrogen) atoms. The lowest BCUT2D eigenvalue weighted by Crippen LogP contribution is -2.53. The van der Waals surface area contributed by atoms with E-state index in [1.54, 1.807) is 53.0 Å². The van der Waals surface area contributed by atoms with Crippen LogP contribution in [0.3, 0.4) is 0 Å². The number of ether oxygens (including phenoxy) is 4. The van der Waals surface area contributed by atoms with Crippen molar-refractivity contribution in [2.75, 3.05) is 26.1 Å². The molecule has 0 radical (unpaired) electrons. The van der Waals surface area contributed by atoms with Gasteiger partial charge in [-0.15, -0.1) is 0 Å². The molecule has 4 bridgehead atoms. The van der Waals surface area contributed by atoms with Gasteiger partial charge in [0.1, 0.15) is 35.6 Å². The van der Waals surface area contributed by atoms with E-state index in [1.807, 2.05) is 26.0 Å². The fraction of sp³-hybridized carbons (Fsp3) is 0.556. The quantitative estimate of drug-likeness (QED) is 0.221. The van der Waals surface area contributed by atoms with Crippen molar-refractivity contribution < 1.29 is 56.4 Å². The fourth-order valence-electron chi connectivity index (χ4n) is 8.26. The van der Waals surface area contributed by atoms with Crippen LogP contribution in [0.5, 0.6) is 0 Å². The van der Waals surface area contributed by atoms with Crippen LogP contribution < -0.4 is 4.90 Å². The number of fused-ring (bicyclic) bond motifs is 5. The summed E-state index contributed by atoms with van der Waals surface area (Å²) in [4.78, 5) is 57.3. The number of methoxy groups -OCH3 is 1. The Hall–Kier alpha value is -4.24. The molecule has 15 heteroatoms. The number of amides is 2. The summed E-state index contributed by atoms with van der Waals surface area (Å²) in [5.74, 6) is -3.55. The highest BCUT2D eigenvalue weighted by Crippen LogP contribution is 2.50. The Labute approximate surface area is 354 Å². The number of allylic oxidation sites excluding steroid dienone is 3. The van der Waals surface area contributed by atoms with Gasteiger partial charge in [-0.2, -0.15) is 13.2 Å². The summed E-state index contributed by atoms with van der Waals surface area (Å²) in [5.41, 5.74) is -1.14. The third kappa shape index (κ3) is 10.1. The van der Waals surface area contributed by atoms with E-state index in [4.69, 9.17) is 30.5 Å². The number of anilines is 1. The van der Waals surface area contributed by atoms with E-state index in [9.17, 15) is 37.5 Å². The summed E-state index contributed by atoms with van der Waals surface area (Å²) in [6.07, 6.45) is -3.21. The maximum Gasteiger partial charge on any atom is 0.416 e. The monoisotopic (exact) mass is 860 g/mol. The van der Waals surface area contributed by atoms with Crippen LogP contribution in [0.4, 0.5) is 18.9 Å². The normalized spacial score (nSPS) is 29.5. The Morgan fingerprint density at radius 2 is 1.82 bits per heavy atom. The molecule has 1 N–H and O–H groups in total. The van der Waals surface area contributed by atoms with E-state index in [0.717, 1.165) is 27.7 Å². The molecule has 5 rings (SSSR count). The molecule has 2 amide bonds. The standard InChI is InChI=1S/C45H56ClF3N2O9/c1-24(2)16-30-14-15-31(20-32(30)45(47,48)49)41(54)50(8)28(6)42(55)59-36-21-37(52)51(9)33-19-29(18-26(4)39(33)46)17-25(3)12-11-13-35(57-10)44(56)22-34(58-38(53)23-44)27(5)40-43(36,7)60-40/h11-15,18-20,24,27-28,34-36,40,56H,16-17,21-23H2,1-10H3/b13-11+,25-12+/t27-,28+,34+,35-,36+,40+,43+,44-/m1/s1. The first kappa shape index (κ1) is 46.8. The molecule has 0 aliphatic carbocycles. The minimum atomic E-state index is -4.71. The second kappa shape index (κ2) is 18.0. The lowest BCUT2D eigenvalue weighted by Gasteiger charge is -2.41. The predicted molar refractivity (Wildman–Crippen MR) is 220 cm³/mol. The first-order valence-corrected chi connectivity index (χ1v) is 20.5. The molecule has 11 nitrogen and oxygen atoms in total. The molecule has 2 aromatic rings. The highest BCUT2D eigenvalue weighted by Gasteiger charge is 2.64. The number of hydrogen-bond acceptors (Lipinski definition) is 9. The fourth-order valence-corrected chi connectivity index (χ4v) is 8.50. The first-order valence-electron chi connectivity index (χ1n) is 20.1. The Morgan fingerprint density at radius 3 is 2.45 bits per heavy atom. The number of benzene rings is 2. The SMILES string of the molecule is CO[C@@H]1/C=C/C=C(\C)Cc2cc(C)c(Cl)c(c2)N(C)C(=O)C[C@H](OC(=O)[C@H](C)N(C)C(=O)c2ccc(CC(C)C)c(C(F)(F)F)c2)[C@]2(C)O[C@H]2[C@H](C)[C@@H]2C[C@@]1(O)CC(=O)O2. The number of hydrogen-bond donors (Lipinski definition) is 1. The van der Waals surface area contributed by atoms with Gasteiger partial charge in [0.05, 0.1) is 35.2 Å². The van der Waals surface area contributed by atoms with Crippen molar-refractivity contribution in [3.8, 4) is 0 Å². The van der Waals surface area contributed by atoms with Crippen LogP contribution in [-0.4, -0.2) is 96.6 Å². The van der Waals surface area contributed by atoms with Crippen LogP contribution in [0.1, 0.15) is 93.4 Å². The summed E-state index contributed by atoms with van der Waals surface area (Å²) < 4.78 is 66.1. The van der Waals surface area contributed by atoms with Gasteiger partial charge in [0, 0.05) is 39.1 Å². The van der Waals surface area contributed by atoms with Gasteiger partial charge >= 0.3 is 18.1 Å². The highest BCUT2D eigenvalue weighted by molar-refractivity contribution is 6.34. The lowest BCUT2D eigenvalue weighted by atomic mass is 9.78. The third-order valence-corrected chi connectivity index (χ3v) is 12.5. The molecule has 3 heterocycles. The summed E-state index contributed by atoms with van der Waals surface area (Å²) in [6.45, 7) is 12.1. The van der Waals surface area contributed by atoms with Crippen molar-refractivity contribution in [1.82, 2.24) is 4.90 Å². The number of carbonyl (C=O) groups excluding carboxylic acids is 4. The molecule has 2 saturated heterocycles. The number of aryl methyl sites for hydroxylation is 1. The van der Waals surface area contributed by atoms with Gasteiger partial charge in [0.2, 0.25) is 5.91 Å². The van der Waals surface area contributed by atoms with E-state index in [1.165, 1.54) is 38.1 Å². The van der Waals surface area contributed by atoms with Crippen LogP contribution in [0.15, 0.2) is 54.1 Å². The van der Waals surface area contributed by atoms with Crippen molar-refractivity contribution in [2.24, 2.45) is 11.8 Å². The molecule has 328 valence electrons. The Bertz CT molecular complexity index is 2050. The summed E-state index contributed by atoms with van der Waals surface area (Å²) >= 11 is 6.78. The zero-order valence-electron chi connectivity index (χ0n) is 35.8. The van der Waals surface area contributed by atoms with Gasteiger partial charge in [-0.05, 0) is 81.3 Å². The lowest BCUT2D eigenvalue weighted by molar-refractivity contribution is -0.187. The van der Waals surface area contributed by atoms with Crippen molar-refractivity contribution in [1.29, 1.82) is 0 Å². The van der Waals surface area contributed by atoms with Gasteiger partial charge in [0.25, 0.3) is 5.91 Å². The van der Waals surface area contributed by atoms with E-state index >= 15 is 0 Å². The molecule has 0 saturated carbocycles. The largest absolute Gasteiger partial charge is 0.462 e. The number of epoxide rings is 1. The van der Waals surface area contributed by atoms with Gasteiger partial charge in [-0.1, -0.05) is 68.3 Å². The number of halogens is 4. The second-order valence-electron chi connectivity index (χ2n) is 17.2. The summed E-state index contributed by atoms with van der Waals surface area (Å²) in [7, 11) is 4.28. The van der Waals surface area contributed by atoms with Gasteiger partial charge in [0.15, 0.2) is 0 Å². The molecular weight excluding hydrogens is 805 g/mol. The van der Waals surface area contributed by atoms with Gasteiger partial charge < -0.3 is 33.9 Å². The van der Waals surface area contributed by atoms with E-state index in [-0.39, 0.29) is 36.3 Å². The number of esters is 2. The molecule has 2 fully saturated rings. The summed E-state index contributed by atoms with van der Waals surface area (Å²) in [6, 6.07) is 5.79. The third-order valence-electron chi connectivity index (χ3n) is 12.0. The number of alkyl halides is 3. The van der Waals surface area contributed by atoms with E-state index in [0.29, 0.717) is 17.1 Å². The first-order chi connectivity index (χ1) is 27.9. The zero-order valence-corrected chi connectivity index (χ0v) is 36.6. The molecule has 8 atom stereocenters. The van der Waals surface area contributed by atoms with Crippen LogP contribution in [0.25, 0.3) is 0 Å². The smallest absolute Gasteiger partial charge is 0.416 e. The number of carbonyl (C=O) groups is 4. The maximum atomic E-state index is 14.2. The molecule has 3 aliphatic rings. The van der Waals surface area contributed by atoms with Crippen LogP contribution in [0.2, 0.25) is 5.02 Å². The summed E-state index contributed by atoms with van der Waals surface area (Å²) in [5, 5.41) is 12.2. The molecular formula is C45H56ClF3N2O9. The zero-order chi connectivity index (χ0) is 44.6. The number of nitrogens with zero attached hydrogens (tertiary/aromatic N) is 2. The van der Waals surface area contributed by atoms with Crippen LogP contribution in [0, 0.1) is 18.8 Å². The molecule has 3 aliphatic heterocycles. The molecule has 0 spiro atoms. The van der Waals surface area contributed by atoms with Gasteiger partial charge in [-0.25, -0.2) is 4.79 Å². The van der Waals surface area contributed by atoms with Crippen molar-refractivity contribution >= 4 is 41.0 Å². The van der Waals surface area contributed by atoms with Crippen molar-refractivity contribution in [3.05, 3.63) is 87.0 Å². The molecule has 2 aromatic carbocycles. The minimum absolute atomic E-state index is 0.00440. The van der Waals surface area contributed by atoms with E-state index < -0.39 is 89.5 Å². The Morgan fingerprint density at radius 1 is 1.13 bits per heavy atom. The number of likely N-dealkylation sites (N-methyl/N-ethyl adjacent to an activating group) is 1. The Balaban J connectivity index is 1.49. The molecule has 0 aromatic heterocycles. The van der Waals surface area contributed by atoms with Crippen LogP contribution >= 0.6 is 11.6 Å². The predicted octanol–water partition coefficient (Wildman–Crippen LogP) is 7.60. The maximum absolute atomic E-state index is 14.2. The van der Waals surface area contributed by atoms with E-state index in [2.05, 4.69) is 0 Å². The topological polar surface area (TPSA) is 135 Å². The Kier molecular flexibility index (Phi) is 14.0. The highest BCUT2D eigenvalue weighted by atomic mass is 35.5. The average molecular weight is 861 g/mol. The average Bonchev–Trinajstić information content (AvgIpc) is 3.86.